The predicted molar refractivity (Wildman–Crippen MR) is 138 cm³/mol. The summed E-state index contributed by atoms with van der Waals surface area (Å²) in [6.45, 7) is 9.33. The molecule has 0 aliphatic heterocycles. The minimum atomic E-state index is 1.20. The Labute approximate surface area is 196 Å². The van der Waals surface area contributed by atoms with Gasteiger partial charge in [-0.2, -0.15) is 0 Å². The van der Waals surface area contributed by atoms with Crippen molar-refractivity contribution in [2.45, 2.75) is 169 Å². The highest BCUT2D eigenvalue weighted by atomic mass is 15.1. The second-order valence-corrected chi connectivity index (χ2v) is 9.86. The molecule has 31 heavy (non-hydrogen) atoms. The van der Waals surface area contributed by atoms with Crippen molar-refractivity contribution in [3.05, 3.63) is 18.2 Å². The molecule has 182 valence electrons. The van der Waals surface area contributed by atoms with Crippen LogP contribution in [0, 0.1) is 0 Å². The molecule has 0 aliphatic carbocycles. The zero-order valence-corrected chi connectivity index (χ0v) is 21.8. The highest BCUT2D eigenvalue weighted by molar-refractivity contribution is 4.84. The minimum Gasteiger partial charge on any atom is -0.234 e. The van der Waals surface area contributed by atoms with Gasteiger partial charge in [-0.05, 0) is 25.7 Å². The van der Waals surface area contributed by atoms with Crippen molar-refractivity contribution < 1.29 is 4.57 Å². The van der Waals surface area contributed by atoms with Gasteiger partial charge < -0.3 is 0 Å². The molecule has 0 unspecified atom stereocenters. The van der Waals surface area contributed by atoms with Crippen molar-refractivity contribution in [3.63, 3.8) is 0 Å². The van der Waals surface area contributed by atoms with Crippen LogP contribution in [0.15, 0.2) is 12.4 Å². The third kappa shape index (κ3) is 14.8. The number of hydrogen-bond acceptors (Lipinski definition) is 0. The number of hydrogen-bond donors (Lipinski definition) is 0. The lowest BCUT2D eigenvalue weighted by Crippen LogP contribution is -2.37. The summed E-state index contributed by atoms with van der Waals surface area (Å²) in [4.78, 5) is 0. The van der Waals surface area contributed by atoms with Gasteiger partial charge in [-0.1, -0.05) is 124 Å². The molecule has 0 saturated carbocycles. The van der Waals surface area contributed by atoms with Crippen molar-refractivity contribution in [1.29, 1.82) is 0 Å². The molecule has 1 aromatic heterocycles. The summed E-state index contributed by atoms with van der Waals surface area (Å²) in [5.41, 5.74) is 0. The molecule has 0 bridgehead atoms. The van der Waals surface area contributed by atoms with Crippen molar-refractivity contribution in [1.82, 2.24) is 4.57 Å². The first kappa shape index (κ1) is 28.2. The van der Waals surface area contributed by atoms with Crippen molar-refractivity contribution in [2.75, 3.05) is 0 Å². The van der Waals surface area contributed by atoms with E-state index in [2.05, 4.69) is 42.3 Å². The number of nitrogens with zero attached hydrogens (tertiary/aromatic N) is 2. The average molecular weight is 434 g/mol. The van der Waals surface area contributed by atoms with Crippen LogP contribution in [0.5, 0.6) is 0 Å². The molecule has 0 aromatic carbocycles. The molecule has 0 saturated heterocycles. The van der Waals surface area contributed by atoms with Crippen LogP contribution < -0.4 is 4.57 Å². The molecule has 0 aliphatic rings. The molecule has 0 radical (unpaired) electrons. The normalized spacial score (nSPS) is 11.5. The summed E-state index contributed by atoms with van der Waals surface area (Å²) in [7, 11) is 0. The van der Waals surface area contributed by atoms with Crippen LogP contribution in [0.4, 0.5) is 0 Å². The SMILES string of the molecule is CCCCCCCCCCCCCCCc1n(CCCC)cc[n+]1CCCCCCC. The van der Waals surface area contributed by atoms with Crippen LogP contribution in [0.2, 0.25) is 0 Å². The predicted octanol–water partition coefficient (Wildman–Crippen LogP) is 9.18. The van der Waals surface area contributed by atoms with E-state index in [0.717, 1.165) is 0 Å². The second-order valence-electron chi connectivity index (χ2n) is 9.86. The molecule has 1 rings (SSSR count). The number of unbranched alkanes of at least 4 members (excludes halogenated alkanes) is 17. The molecule has 2 nitrogen and oxygen atoms in total. The quantitative estimate of drug-likeness (QED) is 0.120. The van der Waals surface area contributed by atoms with Gasteiger partial charge in [0, 0.05) is 6.42 Å². The highest BCUT2D eigenvalue weighted by Gasteiger charge is 2.16. The summed E-state index contributed by atoms with van der Waals surface area (Å²) in [6.07, 6.45) is 34.1. The van der Waals surface area contributed by atoms with Crippen LogP contribution in [0.25, 0.3) is 0 Å². The van der Waals surface area contributed by atoms with Gasteiger partial charge in [0.15, 0.2) is 0 Å². The first-order chi connectivity index (χ1) is 15.3. The topological polar surface area (TPSA) is 8.81 Å². The van der Waals surface area contributed by atoms with Crippen molar-refractivity contribution in [2.24, 2.45) is 0 Å². The van der Waals surface area contributed by atoms with E-state index in [9.17, 15) is 0 Å². The maximum Gasteiger partial charge on any atom is 0.256 e. The first-order valence-corrected chi connectivity index (χ1v) is 14.4. The Morgan fingerprint density at radius 2 is 1.00 bits per heavy atom. The molecule has 2 heteroatoms. The standard InChI is InChI=1S/C29H57N2/c1-4-7-10-12-13-14-15-16-17-18-19-20-22-24-29-30(25-9-6-3)27-28-31(29)26-23-21-11-8-5-2/h27-28H,4-26H2,1-3H3/q+1. The minimum absolute atomic E-state index is 1.20. The van der Waals surface area contributed by atoms with E-state index < -0.39 is 0 Å². The van der Waals surface area contributed by atoms with Crippen molar-refractivity contribution >= 4 is 0 Å². The smallest absolute Gasteiger partial charge is 0.234 e. The van der Waals surface area contributed by atoms with E-state index in [-0.39, 0.29) is 0 Å². The summed E-state index contributed by atoms with van der Waals surface area (Å²) in [5, 5.41) is 0. The lowest BCUT2D eigenvalue weighted by Gasteiger charge is -2.06. The van der Waals surface area contributed by atoms with E-state index in [4.69, 9.17) is 0 Å². The van der Waals surface area contributed by atoms with Gasteiger partial charge in [0.25, 0.3) is 5.82 Å². The Bertz CT molecular complexity index is 491. The Morgan fingerprint density at radius 3 is 1.52 bits per heavy atom. The largest absolute Gasteiger partial charge is 0.256 e. The van der Waals surface area contributed by atoms with Gasteiger partial charge >= 0.3 is 0 Å². The third-order valence-electron chi connectivity index (χ3n) is 6.85. The molecule has 0 spiro atoms. The van der Waals surface area contributed by atoms with E-state index >= 15 is 0 Å². The van der Waals surface area contributed by atoms with Gasteiger partial charge in [-0.25, -0.2) is 9.13 Å². The highest BCUT2D eigenvalue weighted by Crippen LogP contribution is 2.14. The Balaban J connectivity index is 2.17. The monoisotopic (exact) mass is 433 g/mol. The summed E-state index contributed by atoms with van der Waals surface area (Å²) in [6, 6.07) is 0. The number of aromatic nitrogens is 2. The van der Waals surface area contributed by atoms with Crippen LogP contribution in [0.1, 0.15) is 155 Å². The lowest BCUT2D eigenvalue weighted by atomic mass is 10.0. The van der Waals surface area contributed by atoms with E-state index in [1.165, 1.54) is 148 Å². The van der Waals surface area contributed by atoms with Gasteiger partial charge in [0.2, 0.25) is 0 Å². The Morgan fingerprint density at radius 1 is 0.548 bits per heavy atom. The molecule has 1 heterocycles. The fourth-order valence-electron chi connectivity index (χ4n) is 4.71. The zero-order valence-electron chi connectivity index (χ0n) is 21.8. The van der Waals surface area contributed by atoms with E-state index in [0.29, 0.717) is 0 Å². The van der Waals surface area contributed by atoms with E-state index in [1.54, 1.807) is 5.82 Å². The molecule has 0 fully saturated rings. The van der Waals surface area contributed by atoms with Crippen LogP contribution in [-0.2, 0) is 19.5 Å². The fourth-order valence-corrected chi connectivity index (χ4v) is 4.71. The first-order valence-electron chi connectivity index (χ1n) is 14.4. The third-order valence-corrected chi connectivity index (χ3v) is 6.85. The second kappa shape index (κ2) is 21.1. The van der Waals surface area contributed by atoms with Gasteiger partial charge in [0.05, 0.1) is 13.1 Å². The van der Waals surface area contributed by atoms with Gasteiger partial charge in [-0.3, -0.25) is 0 Å². The molecular formula is C29H57N2+. The average Bonchev–Trinajstić information content (AvgIpc) is 3.16. The van der Waals surface area contributed by atoms with Crippen LogP contribution in [-0.4, -0.2) is 4.57 Å². The molecule has 0 atom stereocenters. The molecule has 1 aromatic rings. The van der Waals surface area contributed by atoms with Crippen LogP contribution >= 0.6 is 0 Å². The molecule has 0 N–H and O–H groups in total. The lowest BCUT2D eigenvalue weighted by molar-refractivity contribution is -0.704. The molecular weight excluding hydrogens is 376 g/mol. The Hall–Kier alpha value is -0.790. The fraction of sp³-hybridized carbons (Fsp3) is 0.897. The van der Waals surface area contributed by atoms with Gasteiger partial charge in [-0.15, -0.1) is 0 Å². The maximum absolute atomic E-state index is 2.57. The summed E-state index contributed by atoms with van der Waals surface area (Å²) < 4.78 is 5.12. The Kier molecular flexibility index (Phi) is 19.2. The van der Waals surface area contributed by atoms with Gasteiger partial charge in [0.1, 0.15) is 12.4 Å². The summed E-state index contributed by atoms with van der Waals surface area (Å²) >= 11 is 0. The molecule has 0 amide bonds. The zero-order chi connectivity index (χ0) is 22.4. The summed E-state index contributed by atoms with van der Waals surface area (Å²) in [5.74, 6) is 1.59. The number of rotatable bonds is 23. The van der Waals surface area contributed by atoms with Crippen LogP contribution in [0.3, 0.4) is 0 Å². The number of aryl methyl sites for hydroxylation is 2. The maximum atomic E-state index is 2.57. The number of imidazole rings is 1. The van der Waals surface area contributed by atoms with E-state index in [1.807, 2.05) is 0 Å². The van der Waals surface area contributed by atoms with Crippen molar-refractivity contribution in [3.8, 4) is 0 Å².